The highest BCUT2D eigenvalue weighted by Crippen LogP contribution is 2.25. The predicted octanol–water partition coefficient (Wildman–Crippen LogP) is 0.744. The zero-order valence-electron chi connectivity index (χ0n) is 11.3. The molecule has 0 aromatic carbocycles. The summed E-state index contributed by atoms with van der Waals surface area (Å²) in [6, 6.07) is -1.81. The third kappa shape index (κ3) is 3.59. The second-order valence-electron chi connectivity index (χ2n) is 5.78. The van der Waals surface area contributed by atoms with E-state index < -0.39 is 35.5 Å². The third-order valence-electron chi connectivity index (χ3n) is 3.20. The lowest BCUT2D eigenvalue weighted by Crippen LogP contribution is -2.56. The molecule has 108 valence electrons. The molecule has 2 unspecified atom stereocenters. The van der Waals surface area contributed by atoms with Crippen LogP contribution in [-0.2, 0) is 9.59 Å². The van der Waals surface area contributed by atoms with Crippen molar-refractivity contribution in [1.29, 1.82) is 0 Å². The molecule has 1 saturated heterocycles. The lowest BCUT2D eigenvalue weighted by atomic mass is 9.85. The van der Waals surface area contributed by atoms with Gasteiger partial charge < -0.3 is 20.4 Å². The van der Waals surface area contributed by atoms with E-state index in [1.54, 1.807) is 20.8 Å². The molecule has 0 aromatic rings. The van der Waals surface area contributed by atoms with Crippen LogP contribution in [0, 0.1) is 5.41 Å². The molecule has 0 spiro atoms. The Morgan fingerprint density at radius 1 is 1.26 bits per heavy atom. The van der Waals surface area contributed by atoms with Crippen molar-refractivity contribution in [3.8, 4) is 0 Å². The molecule has 2 atom stereocenters. The molecule has 1 heterocycles. The normalized spacial score (nSPS) is 21.0. The number of carboxylic acid groups (broad SMARTS) is 2. The predicted molar refractivity (Wildman–Crippen MR) is 66.8 cm³/mol. The maximum absolute atomic E-state index is 12.4. The fourth-order valence-corrected chi connectivity index (χ4v) is 2.23. The average Bonchev–Trinajstić information content (AvgIpc) is 2.71. The Hall–Kier alpha value is -1.79. The number of nitrogens with zero attached hydrogens (tertiary/aromatic N) is 1. The van der Waals surface area contributed by atoms with Gasteiger partial charge in [-0.2, -0.15) is 0 Å². The van der Waals surface area contributed by atoms with Crippen LogP contribution >= 0.6 is 0 Å². The quantitative estimate of drug-likeness (QED) is 0.702. The van der Waals surface area contributed by atoms with Gasteiger partial charge in [0.05, 0.1) is 0 Å². The summed E-state index contributed by atoms with van der Waals surface area (Å²) in [5.74, 6) is -1.52. The number of hydrogen-bond acceptors (Lipinski definition) is 3. The van der Waals surface area contributed by atoms with Gasteiger partial charge in [0.1, 0.15) is 12.1 Å². The lowest BCUT2D eigenvalue weighted by molar-refractivity contribution is -0.150. The highest BCUT2D eigenvalue weighted by molar-refractivity contribution is 5.90. The second-order valence-corrected chi connectivity index (χ2v) is 5.78. The van der Waals surface area contributed by atoms with Gasteiger partial charge >= 0.3 is 12.1 Å². The van der Waals surface area contributed by atoms with E-state index in [1.807, 2.05) is 0 Å². The molecule has 1 aliphatic heterocycles. The van der Waals surface area contributed by atoms with Gasteiger partial charge in [-0.05, 0) is 18.3 Å². The summed E-state index contributed by atoms with van der Waals surface area (Å²) in [4.78, 5) is 35.5. The zero-order valence-corrected chi connectivity index (χ0v) is 11.3. The first kappa shape index (κ1) is 15.3. The van der Waals surface area contributed by atoms with E-state index in [9.17, 15) is 14.4 Å². The second kappa shape index (κ2) is 5.46. The van der Waals surface area contributed by atoms with E-state index in [0.29, 0.717) is 19.4 Å². The summed E-state index contributed by atoms with van der Waals surface area (Å²) in [5, 5.41) is 20.1. The molecule has 19 heavy (non-hydrogen) atoms. The third-order valence-corrected chi connectivity index (χ3v) is 3.20. The molecule has 7 nitrogen and oxygen atoms in total. The molecule has 1 aliphatic rings. The Bertz CT molecular complexity index is 388. The largest absolute Gasteiger partial charge is 0.480 e. The van der Waals surface area contributed by atoms with Crippen molar-refractivity contribution in [1.82, 2.24) is 10.2 Å². The lowest BCUT2D eigenvalue weighted by Gasteiger charge is -2.34. The average molecular weight is 272 g/mol. The highest BCUT2D eigenvalue weighted by atomic mass is 16.4. The van der Waals surface area contributed by atoms with Gasteiger partial charge in [-0.25, -0.2) is 9.59 Å². The first-order valence-electron chi connectivity index (χ1n) is 6.17. The van der Waals surface area contributed by atoms with E-state index in [4.69, 9.17) is 10.2 Å². The van der Waals surface area contributed by atoms with Crippen molar-refractivity contribution in [3.63, 3.8) is 0 Å². The monoisotopic (exact) mass is 272 g/mol. The van der Waals surface area contributed by atoms with Crippen molar-refractivity contribution < 1.29 is 24.6 Å². The van der Waals surface area contributed by atoms with Gasteiger partial charge in [0.2, 0.25) is 5.91 Å². The number of carboxylic acids is 1. The van der Waals surface area contributed by atoms with Crippen LogP contribution in [0.25, 0.3) is 0 Å². The Labute approximate surface area is 111 Å². The number of rotatable bonds is 3. The maximum Gasteiger partial charge on any atom is 0.405 e. The standard InChI is InChI=1S/C12H20N2O5/c1-12(2,3)8(13-11(18)19)9(15)14-6-4-5-7(14)10(16)17/h7-8,13H,4-6H2,1-3H3,(H,16,17)(H,18,19). The molecule has 2 amide bonds. The minimum atomic E-state index is -1.29. The number of hydrogen-bond donors (Lipinski definition) is 3. The highest BCUT2D eigenvalue weighted by Gasteiger charge is 2.41. The molecule has 0 aromatic heterocycles. The van der Waals surface area contributed by atoms with Gasteiger partial charge in [0.15, 0.2) is 0 Å². The molecule has 0 radical (unpaired) electrons. The van der Waals surface area contributed by atoms with Crippen molar-refractivity contribution in [3.05, 3.63) is 0 Å². The van der Waals surface area contributed by atoms with Crippen LogP contribution < -0.4 is 5.32 Å². The van der Waals surface area contributed by atoms with Crippen LogP contribution in [-0.4, -0.2) is 51.7 Å². The van der Waals surface area contributed by atoms with Gasteiger partial charge in [-0.3, -0.25) is 4.79 Å². The topological polar surface area (TPSA) is 107 Å². The molecule has 0 saturated carbocycles. The van der Waals surface area contributed by atoms with E-state index in [-0.39, 0.29) is 0 Å². The summed E-state index contributed by atoms with van der Waals surface area (Å²) < 4.78 is 0. The van der Waals surface area contributed by atoms with Gasteiger partial charge in [-0.1, -0.05) is 20.8 Å². The fourth-order valence-electron chi connectivity index (χ4n) is 2.23. The Morgan fingerprint density at radius 2 is 1.84 bits per heavy atom. The van der Waals surface area contributed by atoms with E-state index >= 15 is 0 Å². The molecular formula is C12H20N2O5. The van der Waals surface area contributed by atoms with Crippen LogP contribution in [0.1, 0.15) is 33.6 Å². The minimum Gasteiger partial charge on any atom is -0.480 e. The van der Waals surface area contributed by atoms with Crippen molar-refractivity contribution >= 4 is 18.0 Å². The molecule has 1 rings (SSSR count). The van der Waals surface area contributed by atoms with Crippen molar-refractivity contribution in [2.45, 2.75) is 45.7 Å². The molecular weight excluding hydrogens is 252 g/mol. The summed E-state index contributed by atoms with van der Waals surface area (Å²) >= 11 is 0. The Kier molecular flexibility index (Phi) is 4.39. The molecule has 0 bridgehead atoms. The number of amides is 2. The summed E-state index contributed by atoms with van der Waals surface area (Å²) in [7, 11) is 0. The van der Waals surface area contributed by atoms with Crippen LogP contribution in [0.2, 0.25) is 0 Å². The molecule has 0 aliphatic carbocycles. The van der Waals surface area contributed by atoms with Gasteiger partial charge in [0.25, 0.3) is 0 Å². The summed E-state index contributed by atoms with van der Waals surface area (Å²) in [6.45, 7) is 5.55. The smallest absolute Gasteiger partial charge is 0.405 e. The van der Waals surface area contributed by atoms with Crippen LogP contribution in [0.4, 0.5) is 4.79 Å². The van der Waals surface area contributed by atoms with Crippen LogP contribution in [0.3, 0.4) is 0 Å². The Balaban J connectivity index is 2.93. The van der Waals surface area contributed by atoms with Gasteiger partial charge in [0, 0.05) is 6.54 Å². The van der Waals surface area contributed by atoms with Crippen molar-refractivity contribution in [2.24, 2.45) is 5.41 Å². The van der Waals surface area contributed by atoms with Crippen molar-refractivity contribution in [2.75, 3.05) is 6.54 Å². The Morgan fingerprint density at radius 3 is 2.26 bits per heavy atom. The maximum atomic E-state index is 12.4. The number of likely N-dealkylation sites (tertiary alicyclic amines) is 1. The summed E-state index contributed by atoms with van der Waals surface area (Å²) in [6.07, 6.45) is -0.267. The minimum absolute atomic E-state index is 0.351. The first-order chi connectivity index (χ1) is 8.64. The number of nitrogens with one attached hydrogen (secondary N) is 1. The van der Waals surface area contributed by atoms with E-state index in [2.05, 4.69) is 5.32 Å². The zero-order chi connectivity index (χ0) is 14.8. The summed E-state index contributed by atoms with van der Waals surface area (Å²) in [5.41, 5.74) is -0.624. The fraction of sp³-hybridized carbons (Fsp3) is 0.750. The number of aliphatic carboxylic acids is 1. The van der Waals surface area contributed by atoms with Crippen LogP contribution in [0.15, 0.2) is 0 Å². The SMILES string of the molecule is CC(C)(C)C(NC(=O)O)C(=O)N1CCCC1C(=O)O. The first-order valence-corrected chi connectivity index (χ1v) is 6.17. The number of carbonyl (C=O) groups excluding carboxylic acids is 1. The molecule has 3 N–H and O–H groups in total. The van der Waals surface area contributed by atoms with Gasteiger partial charge in [-0.15, -0.1) is 0 Å². The molecule has 7 heteroatoms. The number of carbonyl (C=O) groups is 3. The van der Waals surface area contributed by atoms with Crippen LogP contribution in [0.5, 0.6) is 0 Å². The van der Waals surface area contributed by atoms with E-state index in [0.717, 1.165) is 0 Å². The van der Waals surface area contributed by atoms with E-state index in [1.165, 1.54) is 4.90 Å². The molecule has 1 fully saturated rings.